The maximum Gasteiger partial charge on any atom is -1.00 e. The number of hydrogen-bond donors (Lipinski definition) is 0. The third-order valence-electron chi connectivity index (χ3n) is 3.94. The van der Waals surface area contributed by atoms with Gasteiger partial charge in [-0.15, -0.1) is 0 Å². The molecule has 0 atom stereocenters. The van der Waals surface area contributed by atoms with E-state index in [4.69, 9.17) is 0 Å². The Morgan fingerprint density at radius 2 is 1.25 bits per heavy atom. The van der Waals surface area contributed by atoms with E-state index in [1.54, 1.807) is 6.20 Å². The summed E-state index contributed by atoms with van der Waals surface area (Å²) in [4.78, 5) is 13.1. The van der Waals surface area contributed by atoms with Gasteiger partial charge >= 0.3 is 104 Å². The number of hydrogen-bond acceptors (Lipinski definition) is 3. The average Bonchev–Trinajstić information content (AvgIpc) is 2.68. The molecule has 0 bridgehead atoms. The Kier molecular flexibility index (Phi) is 13.1. The van der Waals surface area contributed by atoms with Gasteiger partial charge in [-0.3, -0.25) is 9.98 Å². The van der Waals surface area contributed by atoms with E-state index in [-0.39, 0.29) is 12.4 Å². The molecule has 0 N–H and O–H groups in total. The van der Waals surface area contributed by atoms with Crippen LogP contribution < -0.4 is 12.4 Å². The second-order valence-electron chi connectivity index (χ2n) is 6.68. The zero-order valence-electron chi connectivity index (χ0n) is 17.7. The molecule has 0 amide bonds. The Morgan fingerprint density at radius 1 is 0.812 bits per heavy atom. The molecular formula is C23H20Br4ClFeN3. The van der Waals surface area contributed by atoms with Crippen molar-refractivity contribution in [2.45, 2.75) is 27.7 Å². The Bertz CT molecular complexity index is 1090. The number of aromatic nitrogens is 1. The van der Waals surface area contributed by atoms with Crippen molar-refractivity contribution in [1.29, 1.82) is 0 Å². The van der Waals surface area contributed by atoms with Crippen molar-refractivity contribution in [2.75, 3.05) is 0 Å². The first-order valence-corrected chi connectivity index (χ1v) is 12.9. The smallest absolute Gasteiger partial charge is 1.00 e. The van der Waals surface area contributed by atoms with Crippen molar-refractivity contribution in [1.82, 2.24) is 4.98 Å². The van der Waals surface area contributed by atoms with E-state index in [1.807, 2.05) is 51.2 Å². The second-order valence-corrected chi connectivity index (χ2v) is 10.9. The van der Waals surface area contributed by atoms with Gasteiger partial charge in [-0.1, -0.05) is 6.07 Å². The van der Waals surface area contributed by atoms with Gasteiger partial charge < -0.3 is 12.4 Å². The molecule has 9 heteroatoms. The van der Waals surface area contributed by atoms with Crippen LogP contribution >= 0.6 is 63.7 Å². The Hall–Kier alpha value is -0.341. The zero-order valence-corrected chi connectivity index (χ0v) is 25.9. The fourth-order valence-corrected chi connectivity index (χ4v) is 5.87. The number of aliphatic imine (C=N–C) groups is 2. The molecule has 3 rings (SSSR count). The van der Waals surface area contributed by atoms with Crippen LogP contribution in [0.3, 0.4) is 0 Å². The van der Waals surface area contributed by atoms with Crippen LogP contribution in [0.1, 0.15) is 30.5 Å². The van der Waals surface area contributed by atoms with Gasteiger partial charge in [-0.2, -0.15) is 0 Å². The Balaban J connectivity index is 0.000000327. The van der Waals surface area contributed by atoms with Gasteiger partial charge in [0.05, 0.1) is 5.69 Å². The van der Waals surface area contributed by atoms with E-state index in [2.05, 4.69) is 114 Å². The summed E-state index contributed by atoms with van der Waals surface area (Å²) in [6.45, 7) is 7.95. The summed E-state index contributed by atoms with van der Waals surface area (Å²) in [6.07, 6.45) is 3.57. The minimum absolute atomic E-state index is 0. The molecule has 0 fully saturated rings. The molecule has 0 radical (unpaired) electrons. The topological polar surface area (TPSA) is 37.6 Å². The molecule has 0 saturated carbocycles. The number of pyridine rings is 1. The summed E-state index contributed by atoms with van der Waals surface area (Å²) in [5, 5.41) is 0. The Labute approximate surface area is 237 Å². The molecule has 0 aliphatic carbocycles. The standard InChI is InChI=1S/C14H12Br2N2.C9H8Br2N.ClH.Fe/c1-9-6-12(15)14(13(16)7-9)18-10(2)11-4-3-5-17-8-11;1-3-12-9-7(10)4-6(2)5-8(9)11;;/h3-8H,1-2H3;4-5H,1-2H3;1H;/q;;;+1/p-1. The summed E-state index contributed by atoms with van der Waals surface area (Å²) in [6, 6.07) is 12.1. The number of nitrogens with zero attached hydrogens (tertiary/aromatic N) is 3. The minimum atomic E-state index is 0. The van der Waals surface area contributed by atoms with Crippen molar-refractivity contribution in [3.05, 3.63) is 83.4 Å². The molecule has 1 heterocycles. The maximum atomic E-state index is 4.65. The predicted molar refractivity (Wildman–Crippen MR) is 142 cm³/mol. The van der Waals surface area contributed by atoms with Crippen LogP contribution in [0.2, 0.25) is 0 Å². The molecule has 2 aromatic carbocycles. The Morgan fingerprint density at radius 3 is 1.62 bits per heavy atom. The van der Waals surface area contributed by atoms with Crippen LogP contribution in [0.4, 0.5) is 11.4 Å². The second kappa shape index (κ2) is 14.1. The average molecular weight is 749 g/mol. The number of aryl methyl sites for hydroxylation is 2. The summed E-state index contributed by atoms with van der Waals surface area (Å²) in [5.74, 6) is 0. The van der Waals surface area contributed by atoms with Crippen LogP contribution in [-0.2, 0) is 16.0 Å². The van der Waals surface area contributed by atoms with E-state index in [0.717, 1.165) is 45.2 Å². The van der Waals surface area contributed by atoms with E-state index in [9.17, 15) is 0 Å². The minimum Gasteiger partial charge on any atom is -1.00 e. The summed E-state index contributed by atoms with van der Waals surface area (Å²) in [5.41, 5.74) is 6.15. The molecule has 0 aliphatic heterocycles. The van der Waals surface area contributed by atoms with E-state index >= 15 is 0 Å². The summed E-state index contributed by atoms with van der Waals surface area (Å²) >= 11 is 17.8. The van der Waals surface area contributed by atoms with Crippen LogP contribution in [0.5, 0.6) is 0 Å². The van der Waals surface area contributed by atoms with E-state index < -0.39 is 0 Å². The van der Waals surface area contributed by atoms with Gasteiger partial charge in [0.25, 0.3) is 0 Å². The van der Waals surface area contributed by atoms with Crippen molar-refractivity contribution in [3.63, 3.8) is 0 Å². The first kappa shape index (κ1) is 29.7. The third kappa shape index (κ3) is 9.13. The van der Waals surface area contributed by atoms with Crippen LogP contribution in [0, 0.1) is 13.8 Å². The molecule has 0 spiro atoms. The molecule has 0 unspecified atom stereocenters. The fraction of sp³-hybridized carbons (Fsp3) is 0.174. The van der Waals surface area contributed by atoms with E-state index in [1.165, 1.54) is 11.1 Å². The SMILES string of the molecule is CC(=Nc1c(Br)cc(C)cc1Br)c1cccnc1.C[C]([Fe+])=Nc1c(Br)cc(C)cc1Br.[Cl-]. The van der Waals surface area contributed by atoms with Crippen LogP contribution in [0.15, 0.2) is 76.7 Å². The van der Waals surface area contributed by atoms with Crippen molar-refractivity contribution >= 4 is 85.4 Å². The maximum absolute atomic E-state index is 4.65. The monoisotopic (exact) mass is 745 g/mol. The van der Waals surface area contributed by atoms with Gasteiger partial charge in [-0.25, -0.2) is 0 Å². The van der Waals surface area contributed by atoms with E-state index in [0.29, 0.717) is 0 Å². The molecule has 0 saturated heterocycles. The van der Waals surface area contributed by atoms with Gasteiger partial charge in [0.1, 0.15) is 0 Å². The first-order valence-electron chi connectivity index (χ1n) is 9.15. The third-order valence-corrected chi connectivity index (χ3v) is 6.49. The molecule has 32 heavy (non-hydrogen) atoms. The molecule has 3 aromatic rings. The number of halogens is 5. The van der Waals surface area contributed by atoms with Gasteiger partial charge in [0, 0.05) is 32.6 Å². The van der Waals surface area contributed by atoms with Crippen molar-refractivity contribution < 1.29 is 28.4 Å². The van der Waals surface area contributed by atoms with Crippen molar-refractivity contribution in [3.8, 4) is 0 Å². The largest absolute Gasteiger partial charge is 1.00 e. The fourth-order valence-electron chi connectivity index (χ4n) is 2.56. The summed E-state index contributed by atoms with van der Waals surface area (Å²) < 4.78 is 4.74. The van der Waals surface area contributed by atoms with Crippen molar-refractivity contribution in [2.24, 2.45) is 9.98 Å². The molecule has 170 valence electrons. The molecule has 3 nitrogen and oxygen atoms in total. The normalized spacial score (nSPS) is 11.4. The molecule has 0 aliphatic rings. The number of benzene rings is 2. The van der Waals surface area contributed by atoms with Gasteiger partial charge in [0.15, 0.2) is 0 Å². The van der Waals surface area contributed by atoms with Gasteiger partial charge in [0.2, 0.25) is 0 Å². The zero-order chi connectivity index (χ0) is 23.1. The van der Waals surface area contributed by atoms with Crippen LogP contribution in [-0.4, -0.2) is 15.3 Å². The molecule has 1 aromatic heterocycles. The predicted octanol–water partition coefficient (Wildman–Crippen LogP) is 6.18. The number of rotatable bonds is 3. The van der Waals surface area contributed by atoms with Gasteiger partial charge in [-0.05, 0) is 69.5 Å². The summed E-state index contributed by atoms with van der Waals surface area (Å²) in [7, 11) is 0. The quantitative estimate of drug-likeness (QED) is 0.233. The first-order chi connectivity index (χ1) is 14.6. The molecular weight excluding hydrogens is 729 g/mol. The van der Waals surface area contributed by atoms with Crippen LogP contribution in [0.25, 0.3) is 0 Å².